The van der Waals surface area contributed by atoms with Crippen molar-refractivity contribution in [2.45, 2.75) is 38.0 Å². The molecule has 1 N–H and O–H groups in total. The summed E-state index contributed by atoms with van der Waals surface area (Å²) >= 11 is 5.39. The molecule has 2 aromatic rings. The van der Waals surface area contributed by atoms with Gasteiger partial charge in [0.05, 0.1) is 11.7 Å². The Morgan fingerprint density at radius 1 is 1.16 bits per heavy atom. The third kappa shape index (κ3) is 5.99. The lowest BCUT2D eigenvalue weighted by Crippen LogP contribution is -2.42. The van der Waals surface area contributed by atoms with Crippen molar-refractivity contribution in [2.24, 2.45) is 0 Å². The van der Waals surface area contributed by atoms with Crippen molar-refractivity contribution < 1.29 is 13.3 Å². The summed E-state index contributed by atoms with van der Waals surface area (Å²) in [6, 6.07) is 6.45. The van der Waals surface area contributed by atoms with Crippen molar-refractivity contribution in [2.75, 3.05) is 0 Å². The fourth-order valence-electron chi connectivity index (χ4n) is 2.14. The number of hydrogen-bond acceptors (Lipinski definition) is 3. The van der Waals surface area contributed by atoms with Crippen LogP contribution in [0.3, 0.4) is 0 Å². The predicted molar refractivity (Wildman–Crippen MR) is 103 cm³/mol. The maximum atomic E-state index is 13.5. The van der Waals surface area contributed by atoms with Crippen molar-refractivity contribution in [3.63, 3.8) is 0 Å². The van der Waals surface area contributed by atoms with Crippen LogP contribution in [0.25, 0.3) is 0 Å². The summed E-state index contributed by atoms with van der Waals surface area (Å²) in [7, 11) is 0. The van der Waals surface area contributed by atoms with Gasteiger partial charge in [0.15, 0.2) is 0 Å². The van der Waals surface area contributed by atoms with E-state index in [-0.39, 0.29) is 6.42 Å². The molecule has 0 fully saturated rings. The normalized spacial score (nSPS) is 14.4. The molecule has 0 saturated heterocycles. The van der Waals surface area contributed by atoms with Crippen LogP contribution in [-0.4, -0.2) is 14.3 Å². The molecule has 2 rings (SSSR count). The van der Waals surface area contributed by atoms with Crippen molar-refractivity contribution in [3.05, 3.63) is 62.3 Å². The Morgan fingerprint density at radius 2 is 1.76 bits per heavy atom. The third-order valence-electron chi connectivity index (χ3n) is 3.34. The molecule has 0 spiro atoms. The summed E-state index contributed by atoms with van der Waals surface area (Å²) in [5.74, 6) is -1.29. The topological polar surface area (TPSA) is 48.0 Å². The number of hydrogen-bond donors (Lipinski definition) is 1. The molecule has 1 unspecified atom stereocenters. The highest BCUT2D eigenvalue weighted by Gasteiger charge is 2.31. The second-order valence-electron chi connectivity index (χ2n) is 6.53. The molecule has 1 heterocycles. The second-order valence-corrected chi connectivity index (χ2v) is 10.2. The molecule has 0 aliphatic carbocycles. The number of nitrogens with one attached hydrogen (secondary N) is 1. The first kappa shape index (κ1) is 20.8. The highest BCUT2D eigenvalue weighted by Crippen LogP contribution is 2.29. The van der Waals surface area contributed by atoms with E-state index in [1.807, 2.05) is 26.8 Å². The molecule has 8 heteroatoms. The van der Waals surface area contributed by atoms with E-state index >= 15 is 0 Å². The molecule has 25 heavy (non-hydrogen) atoms. The van der Waals surface area contributed by atoms with E-state index in [4.69, 9.17) is 0 Å². The van der Waals surface area contributed by atoms with Crippen LogP contribution < -0.4 is 4.72 Å². The van der Waals surface area contributed by atoms with Crippen molar-refractivity contribution in [1.29, 1.82) is 0 Å². The van der Waals surface area contributed by atoms with Gasteiger partial charge >= 0.3 is 0 Å². The SMILES string of the molecule is CC(C)(C)[S@+]([O-])NC(Cc1cc(F)cc(F)c1)c1nc(Br)ccc1Br. The first-order valence-electron chi connectivity index (χ1n) is 7.51. The van der Waals surface area contributed by atoms with E-state index in [2.05, 4.69) is 41.6 Å². The Hall–Kier alpha value is -0.540. The first-order valence-corrected chi connectivity index (χ1v) is 10.2. The maximum absolute atomic E-state index is 13.5. The molecule has 0 amide bonds. The average Bonchev–Trinajstić information content (AvgIpc) is 2.47. The largest absolute Gasteiger partial charge is 0.598 e. The van der Waals surface area contributed by atoms with Gasteiger partial charge in [-0.3, -0.25) is 0 Å². The van der Waals surface area contributed by atoms with Gasteiger partial charge in [0.25, 0.3) is 0 Å². The van der Waals surface area contributed by atoms with Crippen molar-refractivity contribution in [1.82, 2.24) is 9.71 Å². The smallest absolute Gasteiger partial charge is 0.136 e. The van der Waals surface area contributed by atoms with Crippen LogP contribution in [0.2, 0.25) is 0 Å². The van der Waals surface area contributed by atoms with Crippen LogP contribution in [0.4, 0.5) is 8.78 Å². The Kier molecular flexibility index (Phi) is 7.01. The molecule has 0 aliphatic heterocycles. The van der Waals surface area contributed by atoms with Gasteiger partial charge in [0, 0.05) is 21.9 Å². The molecule has 0 aliphatic rings. The second kappa shape index (κ2) is 8.43. The minimum absolute atomic E-state index is 0.235. The third-order valence-corrected chi connectivity index (χ3v) is 6.06. The maximum Gasteiger partial charge on any atom is 0.136 e. The molecule has 0 radical (unpaired) electrons. The fourth-order valence-corrected chi connectivity index (χ4v) is 3.77. The van der Waals surface area contributed by atoms with Gasteiger partial charge in [-0.2, -0.15) is 0 Å². The molecule has 136 valence electrons. The quantitative estimate of drug-likeness (QED) is 0.457. The fraction of sp³-hybridized carbons (Fsp3) is 0.353. The van der Waals surface area contributed by atoms with Gasteiger partial charge in [-0.25, -0.2) is 13.8 Å². The molecule has 1 aromatic carbocycles. The van der Waals surface area contributed by atoms with E-state index in [0.717, 1.165) is 10.5 Å². The molecule has 3 nitrogen and oxygen atoms in total. The standard InChI is InChI=1S/C17H18Br2F2N2OS/c1-17(2,3)25(24)23-14(16-13(18)4-5-15(19)22-16)8-10-6-11(20)9-12(21)7-10/h4-7,9,14,23H,8H2,1-3H3/t14?,25-/m0/s1. The summed E-state index contributed by atoms with van der Waals surface area (Å²) in [5, 5.41) is 0. The summed E-state index contributed by atoms with van der Waals surface area (Å²) in [6.07, 6.45) is 0.235. The van der Waals surface area contributed by atoms with Crippen LogP contribution in [-0.2, 0) is 17.8 Å². The minimum atomic E-state index is -1.38. The van der Waals surface area contributed by atoms with E-state index in [0.29, 0.717) is 15.9 Å². The molecule has 1 aromatic heterocycles. The van der Waals surface area contributed by atoms with E-state index < -0.39 is 33.8 Å². The zero-order chi connectivity index (χ0) is 18.8. The highest BCUT2D eigenvalue weighted by molar-refractivity contribution is 9.11. The monoisotopic (exact) mass is 494 g/mol. The minimum Gasteiger partial charge on any atom is -0.598 e. The van der Waals surface area contributed by atoms with Crippen molar-refractivity contribution >= 4 is 43.2 Å². The summed E-state index contributed by atoms with van der Waals surface area (Å²) in [6.45, 7) is 5.54. The number of halogens is 4. The van der Waals surface area contributed by atoms with Crippen LogP contribution >= 0.6 is 31.9 Å². The number of pyridine rings is 1. The zero-order valence-electron chi connectivity index (χ0n) is 13.9. The van der Waals surface area contributed by atoms with Gasteiger partial charge in [0.1, 0.15) is 21.0 Å². The number of benzene rings is 1. The van der Waals surface area contributed by atoms with Gasteiger partial charge in [-0.05, 0) is 88.9 Å². The van der Waals surface area contributed by atoms with Crippen LogP contribution in [0, 0.1) is 11.6 Å². The van der Waals surface area contributed by atoms with Crippen LogP contribution in [0.15, 0.2) is 39.4 Å². The molecule has 0 saturated carbocycles. The predicted octanol–water partition coefficient (Wildman–Crippen LogP) is 5.22. The molecular formula is C17H18Br2F2N2OS. The first-order chi connectivity index (χ1) is 11.6. The lowest BCUT2D eigenvalue weighted by atomic mass is 10.0. The summed E-state index contributed by atoms with van der Waals surface area (Å²) < 4.78 is 43.5. The lowest BCUT2D eigenvalue weighted by molar-refractivity contribution is 0.516. The molecule has 2 atom stereocenters. The van der Waals surface area contributed by atoms with Gasteiger partial charge < -0.3 is 4.55 Å². The molecule has 0 bridgehead atoms. The Balaban J connectivity index is 2.39. The number of nitrogens with zero attached hydrogens (tertiary/aromatic N) is 1. The number of aromatic nitrogens is 1. The summed E-state index contributed by atoms with van der Waals surface area (Å²) in [5.41, 5.74) is 1.06. The Labute approximate surface area is 166 Å². The van der Waals surface area contributed by atoms with E-state index in [1.165, 1.54) is 12.1 Å². The van der Waals surface area contributed by atoms with E-state index in [9.17, 15) is 13.3 Å². The lowest BCUT2D eigenvalue weighted by Gasteiger charge is -2.28. The molecular weight excluding hydrogens is 478 g/mol. The van der Waals surface area contributed by atoms with Gasteiger partial charge in [-0.15, -0.1) is 4.72 Å². The van der Waals surface area contributed by atoms with Crippen molar-refractivity contribution in [3.8, 4) is 0 Å². The number of rotatable bonds is 5. The van der Waals surface area contributed by atoms with Crippen LogP contribution in [0.5, 0.6) is 0 Å². The average molecular weight is 496 g/mol. The van der Waals surface area contributed by atoms with Crippen LogP contribution in [0.1, 0.15) is 38.1 Å². The zero-order valence-corrected chi connectivity index (χ0v) is 17.9. The highest BCUT2D eigenvalue weighted by atomic mass is 79.9. The Morgan fingerprint density at radius 3 is 2.32 bits per heavy atom. The van der Waals surface area contributed by atoms with Gasteiger partial charge in [-0.1, -0.05) is 0 Å². The Bertz CT molecular complexity index is 736. The van der Waals surface area contributed by atoms with Gasteiger partial charge in [0.2, 0.25) is 0 Å². The van der Waals surface area contributed by atoms with E-state index in [1.54, 1.807) is 6.07 Å². The summed E-state index contributed by atoms with van der Waals surface area (Å²) in [4.78, 5) is 4.43.